The second-order valence-electron chi connectivity index (χ2n) is 7.14. The van der Waals surface area contributed by atoms with Gasteiger partial charge in [-0.2, -0.15) is 0 Å². The predicted octanol–water partition coefficient (Wildman–Crippen LogP) is 4.68. The number of carbonyl (C=O) groups is 1. The smallest absolute Gasteiger partial charge is 0.262 e. The molecule has 1 aromatic heterocycles. The summed E-state index contributed by atoms with van der Waals surface area (Å²) >= 11 is 8.92. The third-order valence-electron chi connectivity index (χ3n) is 5.01. The standard InChI is InChI=1S/C22H22ClN3O3S2/c1-30-19-7-3-2-6-17(19)24-20(27)13-31-22-25-18-11-14(23)8-9-16(18)21(28)26(22)12-15-5-4-10-29-15/h2-3,6-9,11,15H,4-5,10,12-13H2,1H3,(H,24,27). The molecule has 0 radical (unpaired) electrons. The second-order valence-corrected chi connectivity index (χ2v) is 9.37. The highest BCUT2D eigenvalue weighted by molar-refractivity contribution is 7.99. The molecule has 1 atom stereocenters. The lowest BCUT2D eigenvalue weighted by atomic mass is 10.2. The zero-order valence-corrected chi connectivity index (χ0v) is 19.4. The van der Waals surface area contributed by atoms with Crippen LogP contribution in [0.5, 0.6) is 0 Å². The number of halogens is 1. The van der Waals surface area contributed by atoms with Crippen LogP contribution in [0.2, 0.25) is 5.02 Å². The highest BCUT2D eigenvalue weighted by atomic mass is 35.5. The molecule has 162 valence electrons. The Labute approximate surface area is 193 Å². The van der Waals surface area contributed by atoms with Crippen molar-refractivity contribution in [3.05, 3.63) is 57.8 Å². The Morgan fingerprint density at radius 2 is 2.16 bits per heavy atom. The molecule has 0 saturated carbocycles. The topological polar surface area (TPSA) is 73.2 Å². The average Bonchev–Trinajstić information content (AvgIpc) is 3.28. The van der Waals surface area contributed by atoms with Crippen LogP contribution in [0.1, 0.15) is 12.8 Å². The monoisotopic (exact) mass is 475 g/mol. The molecule has 1 fully saturated rings. The molecule has 4 rings (SSSR count). The maximum absolute atomic E-state index is 13.2. The zero-order valence-electron chi connectivity index (χ0n) is 17.0. The van der Waals surface area contributed by atoms with Crippen LogP contribution < -0.4 is 10.9 Å². The summed E-state index contributed by atoms with van der Waals surface area (Å²) in [6, 6.07) is 12.7. The number of rotatable bonds is 7. The molecule has 1 aliphatic rings. The van der Waals surface area contributed by atoms with E-state index < -0.39 is 0 Å². The number of benzene rings is 2. The van der Waals surface area contributed by atoms with Gasteiger partial charge in [-0.25, -0.2) is 4.98 Å². The van der Waals surface area contributed by atoms with Crippen LogP contribution in [0.3, 0.4) is 0 Å². The highest BCUT2D eigenvalue weighted by Gasteiger charge is 2.21. The zero-order chi connectivity index (χ0) is 21.8. The van der Waals surface area contributed by atoms with Gasteiger partial charge in [-0.1, -0.05) is 35.5 Å². The summed E-state index contributed by atoms with van der Waals surface area (Å²) in [6.07, 6.45) is 3.83. The van der Waals surface area contributed by atoms with E-state index in [-0.39, 0.29) is 23.3 Å². The van der Waals surface area contributed by atoms with Crippen LogP contribution in [0.25, 0.3) is 10.9 Å². The summed E-state index contributed by atoms with van der Waals surface area (Å²) in [4.78, 5) is 31.4. The van der Waals surface area contributed by atoms with Gasteiger partial charge in [-0.3, -0.25) is 14.2 Å². The summed E-state index contributed by atoms with van der Waals surface area (Å²) in [7, 11) is 0. The van der Waals surface area contributed by atoms with Crippen LogP contribution in [0.15, 0.2) is 57.3 Å². The van der Waals surface area contributed by atoms with E-state index >= 15 is 0 Å². The summed E-state index contributed by atoms with van der Waals surface area (Å²) in [5.41, 5.74) is 1.15. The minimum atomic E-state index is -0.157. The van der Waals surface area contributed by atoms with Crippen LogP contribution in [0, 0.1) is 0 Å². The molecule has 2 aromatic carbocycles. The number of carbonyl (C=O) groups excluding carboxylic acids is 1. The fourth-order valence-corrected chi connectivity index (χ4v) is 5.03. The lowest BCUT2D eigenvalue weighted by Gasteiger charge is -2.16. The van der Waals surface area contributed by atoms with Crippen molar-refractivity contribution in [2.75, 3.05) is 23.9 Å². The molecule has 1 saturated heterocycles. The average molecular weight is 476 g/mol. The van der Waals surface area contributed by atoms with Gasteiger partial charge in [0, 0.05) is 16.5 Å². The van der Waals surface area contributed by atoms with E-state index in [2.05, 4.69) is 10.3 Å². The molecule has 6 nitrogen and oxygen atoms in total. The molecular formula is C22H22ClN3O3S2. The number of fused-ring (bicyclic) bond motifs is 1. The van der Waals surface area contributed by atoms with Gasteiger partial charge in [0.2, 0.25) is 5.91 Å². The largest absolute Gasteiger partial charge is 0.376 e. The molecule has 0 spiro atoms. The number of nitrogens with one attached hydrogen (secondary N) is 1. The van der Waals surface area contributed by atoms with Gasteiger partial charge in [0.1, 0.15) is 0 Å². The van der Waals surface area contributed by atoms with Crippen molar-refractivity contribution in [2.45, 2.75) is 35.5 Å². The molecule has 9 heteroatoms. The fourth-order valence-electron chi connectivity index (χ4n) is 3.50. The van der Waals surface area contributed by atoms with Gasteiger partial charge in [0.25, 0.3) is 5.56 Å². The maximum Gasteiger partial charge on any atom is 0.262 e. The second kappa shape index (κ2) is 10.1. The third kappa shape index (κ3) is 5.26. The molecule has 1 unspecified atom stereocenters. The van der Waals surface area contributed by atoms with Crippen molar-refractivity contribution < 1.29 is 9.53 Å². The Morgan fingerprint density at radius 3 is 2.94 bits per heavy atom. The normalized spacial score (nSPS) is 16.0. The van der Waals surface area contributed by atoms with Crippen molar-refractivity contribution >= 4 is 57.6 Å². The van der Waals surface area contributed by atoms with Crippen molar-refractivity contribution in [3.8, 4) is 0 Å². The number of hydrogen-bond donors (Lipinski definition) is 1. The van der Waals surface area contributed by atoms with Crippen LogP contribution in [0.4, 0.5) is 5.69 Å². The Hall–Kier alpha value is -2.00. The summed E-state index contributed by atoms with van der Waals surface area (Å²) in [5, 5.41) is 4.45. The van der Waals surface area contributed by atoms with E-state index in [9.17, 15) is 9.59 Å². The van der Waals surface area contributed by atoms with E-state index in [0.717, 1.165) is 23.4 Å². The van der Waals surface area contributed by atoms with Gasteiger partial charge in [-0.15, -0.1) is 11.8 Å². The number of ether oxygens (including phenoxy) is 1. The van der Waals surface area contributed by atoms with Crippen molar-refractivity contribution in [1.82, 2.24) is 9.55 Å². The van der Waals surface area contributed by atoms with E-state index in [1.807, 2.05) is 30.5 Å². The third-order valence-corrected chi connectivity index (χ3v) is 7.01. The number of anilines is 1. The molecule has 1 aliphatic heterocycles. The SMILES string of the molecule is CSc1ccccc1NC(=O)CSc1nc2cc(Cl)ccc2c(=O)n1CC1CCCO1. The van der Waals surface area contributed by atoms with Crippen LogP contribution in [-0.2, 0) is 16.1 Å². The summed E-state index contributed by atoms with van der Waals surface area (Å²) < 4.78 is 7.35. The number of nitrogens with zero attached hydrogens (tertiary/aromatic N) is 2. The molecule has 0 aliphatic carbocycles. The molecule has 2 heterocycles. The maximum atomic E-state index is 13.2. The number of para-hydroxylation sites is 1. The Kier molecular flexibility index (Phi) is 7.22. The molecule has 0 bridgehead atoms. The highest BCUT2D eigenvalue weighted by Crippen LogP contribution is 2.26. The molecule has 1 N–H and O–H groups in total. The lowest BCUT2D eigenvalue weighted by Crippen LogP contribution is -2.29. The first-order valence-corrected chi connectivity index (χ1v) is 12.5. The van der Waals surface area contributed by atoms with Crippen LogP contribution >= 0.6 is 35.1 Å². The van der Waals surface area contributed by atoms with Crippen molar-refractivity contribution in [3.63, 3.8) is 0 Å². The Bertz CT molecular complexity index is 1160. The van der Waals surface area contributed by atoms with E-state index in [4.69, 9.17) is 16.3 Å². The Balaban J connectivity index is 1.59. The van der Waals surface area contributed by atoms with E-state index in [0.29, 0.717) is 34.2 Å². The summed E-state index contributed by atoms with van der Waals surface area (Å²) in [6.45, 7) is 1.12. The van der Waals surface area contributed by atoms with Gasteiger partial charge in [-0.05, 0) is 49.4 Å². The number of hydrogen-bond acceptors (Lipinski definition) is 6. The quantitative estimate of drug-likeness (QED) is 0.395. The number of thioether (sulfide) groups is 2. The van der Waals surface area contributed by atoms with Crippen molar-refractivity contribution in [2.24, 2.45) is 0 Å². The number of aromatic nitrogens is 2. The lowest BCUT2D eigenvalue weighted by molar-refractivity contribution is -0.113. The summed E-state index contributed by atoms with van der Waals surface area (Å²) in [5.74, 6) is -0.0251. The minimum absolute atomic E-state index is 0.0223. The first kappa shape index (κ1) is 22.2. The van der Waals surface area contributed by atoms with E-state index in [1.54, 1.807) is 34.5 Å². The van der Waals surface area contributed by atoms with Gasteiger partial charge < -0.3 is 10.1 Å². The first-order chi connectivity index (χ1) is 15.0. The molecule has 31 heavy (non-hydrogen) atoms. The first-order valence-electron chi connectivity index (χ1n) is 9.92. The molecule has 3 aromatic rings. The number of amides is 1. The fraction of sp³-hybridized carbons (Fsp3) is 0.318. The van der Waals surface area contributed by atoms with Gasteiger partial charge in [0.05, 0.1) is 35.0 Å². The molecule has 1 amide bonds. The van der Waals surface area contributed by atoms with Crippen molar-refractivity contribution in [1.29, 1.82) is 0 Å². The van der Waals surface area contributed by atoms with Gasteiger partial charge in [0.15, 0.2) is 5.16 Å². The Morgan fingerprint density at radius 1 is 1.32 bits per heavy atom. The van der Waals surface area contributed by atoms with Crippen LogP contribution in [-0.4, -0.2) is 40.2 Å². The van der Waals surface area contributed by atoms with E-state index in [1.165, 1.54) is 11.8 Å². The van der Waals surface area contributed by atoms with Gasteiger partial charge >= 0.3 is 0 Å². The molecular weight excluding hydrogens is 454 g/mol. The predicted molar refractivity (Wildman–Crippen MR) is 128 cm³/mol. The minimum Gasteiger partial charge on any atom is -0.376 e.